The molecule has 0 aromatic heterocycles. The van der Waals surface area contributed by atoms with Gasteiger partial charge in [-0.15, -0.1) is 0 Å². The molecule has 3 heteroatoms. The summed E-state index contributed by atoms with van der Waals surface area (Å²) in [6.07, 6.45) is 0. The molecule has 1 N–H and O–H groups in total. The average molecular weight is 285 g/mol. The average Bonchev–Trinajstić information content (AvgIpc) is 2.46. The lowest BCUT2D eigenvalue weighted by molar-refractivity contribution is 0.199. The van der Waals surface area contributed by atoms with Gasteiger partial charge in [0.1, 0.15) is 11.5 Å². The number of hydrogen-bond donors (Lipinski definition) is 1. The molecule has 0 saturated carbocycles. The molecule has 0 spiro atoms. The van der Waals surface area contributed by atoms with Gasteiger partial charge < -0.3 is 14.8 Å². The van der Waals surface area contributed by atoms with Gasteiger partial charge in [0.05, 0.1) is 6.61 Å². The number of methoxy groups -OCH3 is 1. The summed E-state index contributed by atoms with van der Waals surface area (Å²) in [6.45, 7) is 6.46. The summed E-state index contributed by atoms with van der Waals surface area (Å²) in [6, 6.07) is 14.4. The van der Waals surface area contributed by atoms with E-state index in [2.05, 4.69) is 37.4 Å². The molecule has 0 aliphatic carbocycles. The molecule has 0 fully saturated rings. The van der Waals surface area contributed by atoms with Crippen molar-refractivity contribution in [1.29, 1.82) is 0 Å². The van der Waals surface area contributed by atoms with E-state index in [1.54, 1.807) is 7.11 Å². The highest BCUT2D eigenvalue weighted by Gasteiger charge is 2.05. The maximum Gasteiger partial charge on any atom is 0.131 e. The molecular formula is C18H23NO2. The lowest BCUT2D eigenvalue weighted by Gasteiger charge is -2.13. The van der Waals surface area contributed by atoms with Crippen LogP contribution in [-0.4, -0.2) is 20.3 Å². The first-order valence-electron chi connectivity index (χ1n) is 7.23. The van der Waals surface area contributed by atoms with E-state index in [4.69, 9.17) is 9.47 Å². The van der Waals surface area contributed by atoms with Gasteiger partial charge in [-0.1, -0.05) is 29.8 Å². The Kier molecular flexibility index (Phi) is 5.78. The van der Waals surface area contributed by atoms with Crippen LogP contribution in [0.1, 0.15) is 16.7 Å². The fourth-order valence-electron chi connectivity index (χ4n) is 2.15. The van der Waals surface area contributed by atoms with Crippen LogP contribution >= 0.6 is 0 Å². The Labute approximate surface area is 126 Å². The van der Waals surface area contributed by atoms with Crippen molar-refractivity contribution in [3.05, 3.63) is 59.2 Å². The maximum absolute atomic E-state index is 6.03. The molecule has 0 aliphatic heterocycles. The number of hydrogen-bond acceptors (Lipinski definition) is 3. The third kappa shape index (κ3) is 4.88. The molecule has 3 nitrogen and oxygen atoms in total. The predicted octanol–water partition coefficient (Wildman–Crippen LogP) is 3.83. The van der Waals surface area contributed by atoms with E-state index in [0.717, 1.165) is 30.2 Å². The monoisotopic (exact) mass is 285 g/mol. The number of rotatable bonds is 7. The van der Waals surface area contributed by atoms with Crippen molar-refractivity contribution in [2.75, 3.05) is 20.3 Å². The summed E-state index contributed by atoms with van der Waals surface area (Å²) in [5.41, 5.74) is 3.59. The van der Waals surface area contributed by atoms with Crippen LogP contribution in [0.5, 0.6) is 11.5 Å². The molecule has 0 aliphatic rings. The molecule has 2 aromatic carbocycles. The molecule has 21 heavy (non-hydrogen) atoms. The van der Waals surface area contributed by atoms with E-state index in [1.165, 1.54) is 11.1 Å². The largest absolute Gasteiger partial charge is 0.457 e. The Morgan fingerprint density at radius 3 is 2.57 bits per heavy atom. The van der Waals surface area contributed by atoms with Crippen LogP contribution in [0.3, 0.4) is 0 Å². The first-order chi connectivity index (χ1) is 10.2. The van der Waals surface area contributed by atoms with E-state index in [0.29, 0.717) is 6.61 Å². The van der Waals surface area contributed by atoms with Gasteiger partial charge in [0.25, 0.3) is 0 Å². The van der Waals surface area contributed by atoms with Crippen LogP contribution in [0.25, 0.3) is 0 Å². The Balaban J connectivity index is 2.10. The van der Waals surface area contributed by atoms with Crippen LogP contribution in [0, 0.1) is 13.8 Å². The van der Waals surface area contributed by atoms with Gasteiger partial charge in [0.2, 0.25) is 0 Å². The third-order valence-electron chi connectivity index (χ3n) is 3.23. The van der Waals surface area contributed by atoms with Crippen molar-refractivity contribution >= 4 is 0 Å². The van der Waals surface area contributed by atoms with Gasteiger partial charge in [-0.3, -0.25) is 0 Å². The summed E-state index contributed by atoms with van der Waals surface area (Å²) < 4.78 is 11.1. The van der Waals surface area contributed by atoms with Crippen LogP contribution in [0.15, 0.2) is 42.5 Å². The summed E-state index contributed by atoms with van der Waals surface area (Å²) in [4.78, 5) is 0. The van der Waals surface area contributed by atoms with Gasteiger partial charge in [-0.05, 0) is 37.6 Å². The van der Waals surface area contributed by atoms with Crippen LogP contribution in [0.2, 0.25) is 0 Å². The highest BCUT2D eigenvalue weighted by atomic mass is 16.5. The highest BCUT2D eigenvalue weighted by Crippen LogP contribution is 2.26. The van der Waals surface area contributed by atoms with Crippen molar-refractivity contribution in [2.24, 2.45) is 0 Å². The molecule has 0 amide bonds. The second-order valence-corrected chi connectivity index (χ2v) is 5.20. The molecule has 0 unspecified atom stereocenters. The number of aryl methyl sites for hydroxylation is 2. The Bertz CT molecular complexity index is 581. The Morgan fingerprint density at radius 1 is 1.00 bits per heavy atom. The number of nitrogens with one attached hydrogen (secondary N) is 1. The van der Waals surface area contributed by atoms with Gasteiger partial charge in [-0.2, -0.15) is 0 Å². The van der Waals surface area contributed by atoms with E-state index in [9.17, 15) is 0 Å². The molecular weight excluding hydrogens is 262 g/mol. The number of benzene rings is 2. The summed E-state index contributed by atoms with van der Waals surface area (Å²) in [5.74, 6) is 1.77. The van der Waals surface area contributed by atoms with Gasteiger partial charge in [0.15, 0.2) is 0 Å². The van der Waals surface area contributed by atoms with Crippen LogP contribution in [-0.2, 0) is 11.3 Å². The van der Waals surface area contributed by atoms with Gasteiger partial charge >= 0.3 is 0 Å². The van der Waals surface area contributed by atoms with E-state index in [-0.39, 0.29) is 0 Å². The summed E-state index contributed by atoms with van der Waals surface area (Å²) >= 11 is 0. The topological polar surface area (TPSA) is 30.5 Å². The fourth-order valence-corrected chi connectivity index (χ4v) is 2.15. The summed E-state index contributed by atoms with van der Waals surface area (Å²) in [7, 11) is 1.71. The van der Waals surface area contributed by atoms with Crippen molar-refractivity contribution in [2.45, 2.75) is 20.4 Å². The summed E-state index contributed by atoms with van der Waals surface area (Å²) in [5, 5.41) is 3.36. The maximum atomic E-state index is 6.03. The quantitative estimate of drug-likeness (QED) is 0.784. The van der Waals surface area contributed by atoms with Crippen molar-refractivity contribution in [3.63, 3.8) is 0 Å². The molecule has 0 saturated heterocycles. The highest BCUT2D eigenvalue weighted by molar-refractivity contribution is 5.41. The molecule has 0 radical (unpaired) electrons. The second-order valence-electron chi connectivity index (χ2n) is 5.20. The fraction of sp³-hybridized carbons (Fsp3) is 0.333. The molecule has 0 heterocycles. The van der Waals surface area contributed by atoms with Gasteiger partial charge in [0, 0.05) is 25.8 Å². The molecule has 2 rings (SSSR count). The Morgan fingerprint density at radius 2 is 1.81 bits per heavy atom. The normalized spacial score (nSPS) is 10.6. The first-order valence-corrected chi connectivity index (χ1v) is 7.23. The van der Waals surface area contributed by atoms with Crippen molar-refractivity contribution < 1.29 is 9.47 Å². The van der Waals surface area contributed by atoms with Crippen LogP contribution < -0.4 is 10.1 Å². The zero-order valence-corrected chi connectivity index (χ0v) is 13.0. The minimum absolute atomic E-state index is 0.708. The lowest BCUT2D eigenvalue weighted by atomic mass is 10.1. The van der Waals surface area contributed by atoms with E-state index in [1.807, 2.05) is 24.3 Å². The smallest absolute Gasteiger partial charge is 0.131 e. The second kappa shape index (κ2) is 7.81. The van der Waals surface area contributed by atoms with Crippen LogP contribution in [0.4, 0.5) is 0 Å². The SMILES string of the molecule is COCCNCc1cc(C)ccc1Oc1cccc(C)c1. The molecule has 112 valence electrons. The first kappa shape index (κ1) is 15.5. The van der Waals surface area contributed by atoms with Crippen molar-refractivity contribution in [1.82, 2.24) is 5.32 Å². The van der Waals surface area contributed by atoms with Gasteiger partial charge in [-0.25, -0.2) is 0 Å². The standard InChI is InChI=1S/C18H23NO2/c1-14-5-4-6-17(12-14)21-18-8-7-15(2)11-16(18)13-19-9-10-20-3/h4-8,11-12,19H,9-10,13H2,1-3H3. The zero-order chi connectivity index (χ0) is 15.1. The lowest BCUT2D eigenvalue weighted by Crippen LogP contribution is -2.18. The number of ether oxygens (including phenoxy) is 2. The molecule has 0 atom stereocenters. The predicted molar refractivity (Wildman–Crippen MR) is 86.0 cm³/mol. The molecule has 2 aromatic rings. The minimum atomic E-state index is 0.708. The zero-order valence-electron chi connectivity index (χ0n) is 13.0. The minimum Gasteiger partial charge on any atom is -0.457 e. The molecule has 0 bridgehead atoms. The Hall–Kier alpha value is -1.84. The van der Waals surface area contributed by atoms with Crippen molar-refractivity contribution in [3.8, 4) is 11.5 Å². The van der Waals surface area contributed by atoms with E-state index < -0.39 is 0 Å². The third-order valence-corrected chi connectivity index (χ3v) is 3.23. The van der Waals surface area contributed by atoms with E-state index >= 15 is 0 Å².